The molecule has 21 heavy (non-hydrogen) atoms. The Hall–Kier alpha value is -0.910. The molecule has 0 saturated heterocycles. The van der Waals surface area contributed by atoms with E-state index in [9.17, 15) is 8.42 Å². The Labute approximate surface area is 129 Å². The number of nitrogens with one attached hydrogen (secondary N) is 2. The second-order valence-electron chi connectivity index (χ2n) is 5.74. The molecule has 5 heteroatoms. The van der Waals surface area contributed by atoms with E-state index in [0.717, 1.165) is 36.0 Å². The molecular formula is C16H28N2O2S. The van der Waals surface area contributed by atoms with Gasteiger partial charge in [0.15, 0.2) is 0 Å². The fourth-order valence-electron chi connectivity index (χ4n) is 2.44. The second-order valence-corrected chi connectivity index (χ2v) is 7.42. The summed E-state index contributed by atoms with van der Waals surface area (Å²) in [6.07, 6.45) is 2.97. The molecule has 1 aromatic carbocycles. The van der Waals surface area contributed by atoms with Crippen molar-refractivity contribution in [1.29, 1.82) is 0 Å². The van der Waals surface area contributed by atoms with Crippen LogP contribution in [0.5, 0.6) is 0 Å². The van der Waals surface area contributed by atoms with Crippen LogP contribution < -0.4 is 10.0 Å². The van der Waals surface area contributed by atoms with Crippen LogP contribution >= 0.6 is 0 Å². The maximum absolute atomic E-state index is 12.6. The van der Waals surface area contributed by atoms with Crippen LogP contribution in [-0.2, 0) is 16.6 Å². The Kier molecular flexibility index (Phi) is 6.84. The minimum atomic E-state index is -3.46. The molecule has 1 atom stereocenters. The van der Waals surface area contributed by atoms with Crippen molar-refractivity contribution in [2.45, 2.75) is 64.4 Å². The highest BCUT2D eigenvalue weighted by atomic mass is 32.2. The van der Waals surface area contributed by atoms with E-state index in [1.54, 1.807) is 6.07 Å². The van der Waals surface area contributed by atoms with Gasteiger partial charge >= 0.3 is 0 Å². The first-order valence-electron chi connectivity index (χ1n) is 7.58. The zero-order valence-corrected chi connectivity index (χ0v) is 14.6. The third-order valence-electron chi connectivity index (χ3n) is 3.64. The van der Waals surface area contributed by atoms with Crippen LogP contribution in [0.15, 0.2) is 17.0 Å². The number of unbranched alkanes of at least 4 members (excludes halogenated alkanes) is 1. The molecule has 0 aliphatic rings. The average Bonchev–Trinajstić information content (AvgIpc) is 2.38. The lowest BCUT2D eigenvalue weighted by atomic mass is 10.1. The molecule has 1 rings (SSSR count). The average molecular weight is 312 g/mol. The lowest BCUT2D eigenvalue weighted by molar-refractivity contribution is 0.533. The maximum atomic E-state index is 12.6. The third-order valence-corrected chi connectivity index (χ3v) is 5.37. The second kappa shape index (κ2) is 7.92. The summed E-state index contributed by atoms with van der Waals surface area (Å²) in [5.41, 5.74) is 2.92. The van der Waals surface area contributed by atoms with Gasteiger partial charge in [0.1, 0.15) is 0 Å². The van der Waals surface area contributed by atoms with Crippen LogP contribution in [0.25, 0.3) is 0 Å². The van der Waals surface area contributed by atoms with Gasteiger partial charge in [0.2, 0.25) is 10.0 Å². The molecule has 120 valence electrons. The largest absolute Gasteiger partial charge is 0.316 e. The Morgan fingerprint density at radius 3 is 2.43 bits per heavy atom. The monoisotopic (exact) mass is 312 g/mol. The van der Waals surface area contributed by atoms with Crippen molar-refractivity contribution >= 4 is 10.0 Å². The molecule has 1 aromatic rings. The molecule has 0 bridgehead atoms. The number of rotatable bonds is 8. The Bertz CT molecular complexity index is 568. The van der Waals surface area contributed by atoms with E-state index in [-0.39, 0.29) is 6.04 Å². The summed E-state index contributed by atoms with van der Waals surface area (Å²) < 4.78 is 27.9. The molecule has 0 heterocycles. The SMILES string of the molecule is CCCCC(C)NS(=O)(=O)c1cc(CNC)c(C)cc1C. The molecular weight excluding hydrogens is 284 g/mol. The van der Waals surface area contributed by atoms with Gasteiger partial charge in [-0.2, -0.15) is 0 Å². The number of aryl methyl sites for hydroxylation is 2. The van der Waals surface area contributed by atoms with Gasteiger partial charge in [0.25, 0.3) is 0 Å². The normalized spacial score (nSPS) is 13.4. The van der Waals surface area contributed by atoms with Crippen LogP contribution in [-0.4, -0.2) is 21.5 Å². The van der Waals surface area contributed by atoms with Gasteiger partial charge < -0.3 is 5.32 Å². The number of hydrogen-bond donors (Lipinski definition) is 2. The summed E-state index contributed by atoms with van der Waals surface area (Å²) in [4.78, 5) is 0.390. The van der Waals surface area contributed by atoms with Gasteiger partial charge in [0.05, 0.1) is 4.90 Å². The lowest BCUT2D eigenvalue weighted by Crippen LogP contribution is -2.33. The van der Waals surface area contributed by atoms with Crippen LogP contribution in [0.4, 0.5) is 0 Å². The molecule has 0 fully saturated rings. The van der Waals surface area contributed by atoms with E-state index in [4.69, 9.17) is 0 Å². The van der Waals surface area contributed by atoms with Crippen LogP contribution in [0.3, 0.4) is 0 Å². The predicted molar refractivity (Wildman–Crippen MR) is 88.0 cm³/mol. The molecule has 0 spiro atoms. The Morgan fingerprint density at radius 2 is 1.86 bits per heavy atom. The highest BCUT2D eigenvalue weighted by molar-refractivity contribution is 7.89. The van der Waals surface area contributed by atoms with Crippen molar-refractivity contribution in [2.24, 2.45) is 0 Å². The summed E-state index contributed by atoms with van der Waals surface area (Å²) in [7, 11) is -1.60. The first kappa shape index (κ1) is 18.1. The topological polar surface area (TPSA) is 58.2 Å². The number of hydrogen-bond acceptors (Lipinski definition) is 3. The first-order chi connectivity index (χ1) is 9.81. The van der Waals surface area contributed by atoms with Crippen molar-refractivity contribution in [3.8, 4) is 0 Å². The quantitative estimate of drug-likeness (QED) is 0.776. The molecule has 1 unspecified atom stereocenters. The van der Waals surface area contributed by atoms with Crippen LogP contribution in [0.2, 0.25) is 0 Å². The fourth-order valence-corrected chi connectivity index (χ4v) is 4.00. The summed E-state index contributed by atoms with van der Waals surface area (Å²) >= 11 is 0. The lowest BCUT2D eigenvalue weighted by Gasteiger charge is -2.17. The molecule has 0 amide bonds. The number of benzene rings is 1. The minimum Gasteiger partial charge on any atom is -0.316 e. The predicted octanol–water partition coefficient (Wildman–Crippen LogP) is 2.88. The molecule has 2 N–H and O–H groups in total. The maximum Gasteiger partial charge on any atom is 0.241 e. The smallest absolute Gasteiger partial charge is 0.241 e. The minimum absolute atomic E-state index is 0.0385. The zero-order valence-electron chi connectivity index (χ0n) is 13.8. The zero-order chi connectivity index (χ0) is 16.0. The summed E-state index contributed by atoms with van der Waals surface area (Å²) in [5.74, 6) is 0. The van der Waals surface area contributed by atoms with Crippen LogP contribution in [0.1, 0.15) is 49.8 Å². The van der Waals surface area contributed by atoms with Crippen molar-refractivity contribution < 1.29 is 8.42 Å². The molecule has 0 aliphatic carbocycles. The van der Waals surface area contributed by atoms with E-state index >= 15 is 0 Å². The van der Waals surface area contributed by atoms with Gasteiger partial charge in [0, 0.05) is 12.6 Å². The highest BCUT2D eigenvalue weighted by Gasteiger charge is 2.20. The standard InChI is InChI=1S/C16H28N2O2S/c1-6-7-8-14(4)18-21(19,20)16-10-15(11-17-5)12(2)9-13(16)3/h9-10,14,17-18H,6-8,11H2,1-5H3. The van der Waals surface area contributed by atoms with E-state index in [0.29, 0.717) is 11.4 Å². The van der Waals surface area contributed by atoms with E-state index < -0.39 is 10.0 Å². The van der Waals surface area contributed by atoms with Crippen molar-refractivity contribution in [1.82, 2.24) is 10.0 Å². The van der Waals surface area contributed by atoms with Crippen molar-refractivity contribution in [3.63, 3.8) is 0 Å². The van der Waals surface area contributed by atoms with Gasteiger partial charge in [-0.05, 0) is 57.0 Å². The highest BCUT2D eigenvalue weighted by Crippen LogP contribution is 2.21. The van der Waals surface area contributed by atoms with Crippen molar-refractivity contribution in [2.75, 3.05) is 7.05 Å². The Morgan fingerprint density at radius 1 is 1.19 bits per heavy atom. The van der Waals surface area contributed by atoms with Gasteiger partial charge in [-0.25, -0.2) is 13.1 Å². The molecule has 4 nitrogen and oxygen atoms in total. The van der Waals surface area contributed by atoms with Gasteiger partial charge in [-0.1, -0.05) is 25.8 Å². The molecule has 0 radical (unpaired) electrons. The van der Waals surface area contributed by atoms with Gasteiger partial charge in [-0.3, -0.25) is 0 Å². The fraction of sp³-hybridized carbons (Fsp3) is 0.625. The van der Waals surface area contributed by atoms with Gasteiger partial charge in [-0.15, -0.1) is 0 Å². The molecule has 0 aliphatic heterocycles. The number of sulfonamides is 1. The Balaban J connectivity index is 3.04. The van der Waals surface area contributed by atoms with E-state index in [2.05, 4.69) is 17.0 Å². The van der Waals surface area contributed by atoms with Crippen molar-refractivity contribution in [3.05, 3.63) is 28.8 Å². The summed E-state index contributed by atoms with van der Waals surface area (Å²) in [6.45, 7) is 8.55. The molecule has 0 saturated carbocycles. The van der Waals surface area contributed by atoms with E-state index in [1.807, 2.05) is 33.9 Å². The van der Waals surface area contributed by atoms with E-state index in [1.165, 1.54) is 0 Å². The van der Waals surface area contributed by atoms with Crippen LogP contribution in [0, 0.1) is 13.8 Å². The summed E-state index contributed by atoms with van der Waals surface area (Å²) in [6, 6.07) is 3.69. The molecule has 0 aromatic heterocycles. The third kappa shape index (κ3) is 5.09. The summed E-state index contributed by atoms with van der Waals surface area (Å²) in [5, 5.41) is 3.08. The first-order valence-corrected chi connectivity index (χ1v) is 9.07.